The SMILES string of the molecule is CCC(C(=O)NCCNS(=O)(=O)C1CC1)C(C)(C)C. The van der Waals surface area contributed by atoms with Crippen molar-refractivity contribution in [2.45, 2.75) is 52.2 Å². The second-order valence-electron chi connectivity index (χ2n) is 6.26. The minimum absolute atomic E-state index is 0.000574. The van der Waals surface area contributed by atoms with Crippen molar-refractivity contribution >= 4 is 15.9 Å². The van der Waals surface area contributed by atoms with Crippen LogP contribution in [0.2, 0.25) is 0 Å². The summed E-state index contributed by atoms with van der Waals surface area (Å²) in [5.74, 6) is -0.0480. The van der Waals surface area contributed by atoms with Crippen LogP contribution in [0.5, 0.6) is 0 Å². The first-order valence-corrected chi connectivity index (χ1v) is 8.49. The van der Waals surface area contributed by atoms with Crippen molar-refractivity contribution in [3.05, 3.63) is 0 Å². The Hall–Kier alpha value is -0.620. The molecule has 1 aliphatic carbocycles. The Morgan fingerprint density at radius 2 is 1.84 bits per heavy atom. The highest BCUT2D eigenvalue weighted by Crippen LogP contribution is 2.28. The van der Waals surface area contributed by atoms with Crippen molar-refractivity contribution in [1.82, 2.24) is 10.0 Å². The Morgan fingerprint density at radius 1 is 1.26 bits per heavy atom. The van der Waals surface area contributed by atoms with Crippen LogP contribution in [-0.4, -0.2) is 32.7 Å². The molecular formula is C13H26N2O3S. The van der Waals surface area contributed by atoms with Crippen LogP contribution in [0, 0.1) is 11.3 Å². The Labute approximate surface area is 116 Å². The molecule has 0 saturated heterocycles. The molecule has 19 heavy (non-hydrogen) atoms. The monoisotopic (exact) mass is 290 g/mol. The highest BCUT2D eigenvalue weighted by molar-refractivity contribution is 7.90. The van der Waals surface area contributed by atoms with E-state index in [0.29, 0.717) is 6.54 Å². The minimum Gasteiger partial charge on any atom is -0.355 e. The molecule has 1 fully saturated rings. The smallest absolute Gasteiger partial charge is 0.223 e. The molecular weight excluding hydrogens is 264 g/mol. The van der Waals surface area contributed by atoms with Gasteiger partial charge in [-0.2, -0.15) is 0 Å². The van der Waals surface area contributed by atoms with Crippen LogP contribution in [-0.2, 0) is 14.8 Å². The molecule has 1 aliphatic rings. The number of nitrogens with one attached hydrogen (secondary N) is 2. The largest absolute Gasteiger partial charge is 0.355 e. The van der Waals surface area contributed by atoms with Gasteiger partial charge in [0.25, 0.3) is 0 Å². The standard InChI is InChI=1S/C13H26N2O3S/c1-5-11(13(2,3)4)12(16)14-8-9-15-19(17,18)10-6-7-10/h10-11,15H,5-9H2,1-4H3,(H,14,16). The van der Waals surface area contributed by atoms with Crippen molar-refractivity contribution in [1.29, 1.82) is 0 Å². The first-order valence-electron chi connectivity index (χ1n) is 6.94. The van der Waals surface area contributed by atoms with Gasteiger partial charge in [-0.15, -0.1) is 0 Å². The highest BCUT2D eigenvalue weighted by Gasteiger charge is 2.35. The predicted octanol–water partition coefficient (Wildman–Crippen LogP) is 1.26. The third kappa shape index (κ3) is 5.10. The van der Waals surface area contributed by atoms with E-state index in [1.807, 2.05) is 27.7 Å². The average molecular weight is 290 g/mol. The fourth-order valence-corrected chi connectivity index (χ4v) is 3.57. The summed E-state index contributed by atoms with van der Waals surface area (Å²) < 4.78 is 25.7. The molecule has 0 aliphatic heterocycles. The van der Waals surface area contributed by atoms with E-state index < -0.39 is 10.0 Å². The van der Waals surface area contributed by atoms with Gasteiger partial charge < -0.3 is 5.32 Å². The number of amides is 1. The van der Waals surface area contributed by atoms with E-state index in [9.17, 15) is 13.2 Å². The third-order valence-corrected chi connectivity index (χ3v) is 5.42. The van der Waals surface area contributed by atoms with Gasteiger partial charge in [-0.3, -0.25) is 4.79 Å². The highest BCUT2D eigenvalue weighted by atomic mass is 32.2. The van der Waals surface area contributed by atoms with Crippen molar-refractivity contribution in [3.8, 4) is 0 Å². The van der Waals surface area contributed by atoms with E-state index in [1.165, 1.54) is 0 Å². The van der Waals surface area contributed by atoms with Crippen molar-refractivity contribution in [2.24, 2.45) is 11.3 Å². The lowest BCUT2D eigenvalue weighted by atomic mass is 9.78. The molecule has 0 heterocycles. The first-order chi connectivity index (χ1) is 8.68. The molecule has 5 nitrogen and oxygen atoms in total. The summed E-state index contributed by atoms with van der Waals surface area (Å²) in [7, 11) is -3.14. The number of rotatable bonds is 7. The number of hydrogen-bond donors (Lipinski definition) is 2. The Bertz CT molecular complexity index is 408. The zero-order chi connectivity index (χ0) is 14.7. The van der Waals surface area contributed by atoms with Crippen LogP contribution in [0.3, 0.4) is 0 Å². The minimum atomic E-state index is -3.14. The summed E-state index contributed by atoms with van der Waals surface area (Å²) in [6, 6.07) is 0. The molecule has 1 atom stereocenters. The lowest BCUT2D eigenvalue weighted by Gasteiger charge is -2.28. The Kier molecular flexibility index (Phi) is 5.38. The maximum atomic E-state index is 12.0. The molecule has 0 bridgehead atoms. The number of carbonyl (C=O) groups excluding carboxylic acids is 1. The lowest BCUT2D eigenvalue weighted by Crippen LogP contribution is -2.41. The fourth-order valence-electron chi connectivity index (χ4n) is 2.19. The van der Waals surface area contributed by atoms with E-state index >= 15 is 0 Å². The van der Waals surface area contributed by atoms with Crippen molar-refractivity contribution in [2.75, 3.05) is 13.1 Å². The summed E-state index contributed by atoms with van der Waals surface area (Å²) in [5, 5.41) is 2.60. The van der Waals surface area contributed by atoms with Crippen LogP contribution in [0.1, 0.15) is 47.0 Å². The van der Waals surface area contributed by atoms with Gasteiger partial charge in [-0.05, 0) is 24.7 Å². The maximum Gasteiger partial charge on any atom is 0.223 e. The van der Waals surface area contributed by atoms with Crippen LogP contribution < -0.4 is 10.0 Å². The predicted molar refractivity (Wildman–Crippen MR) is 76.2 cm³/mol. The second kappa shape index (κ2) is 6.22. The van der Waals surface area contributed by atoms with Gasteiger partial charge in [-0.25, -0.2) is 13.1 Å². The van der Waals surface area contributed by atoms with E-state index in [-0.39, 0.29) is 29.0 Å². The van der Waals surface area contributed by atoms with Crippen LogP contribution >= 0.6 is 0 Å². The van der Waals surface area contributed by atoms with E-state index in [0.717, 1.165) is 19.3 Å². The van der Waals surface area contributed by atoms with Crippen LogP contribution in [0.25, 0.3) is 0 Å². The molecule has 0 aromatic heterocycles. The molecule has 6 heteroatoms. The summed E-state index contributed by atoms with van der Waals surface area (Å²) in [6.45, 7) is 8.72. The van der Waals surface area contributed by atoms with E-state index in [2.05, 4.69) is 10.0 Å². The number of carbonyl (C=O) groups is 1. The van der Waals surface area contributed by atoms with Gasteiger partial charge in [0.2, 0.25) is 15.9 Å². The van der Waals surface area contributed by atoms with Crippen LogP contribution in [0.15, 0.2) is 0 Å². The summed E-state index contributed by atoms with van der Waals surface area (Å²) in [4.78, 5) is 12.0. The second-order valence-corrected chi connectivity index (χ2v) is 8.30. The molecule has 2 N–H and O–H groups in total. The molecule has 0 aromatic carbocycles. The van der Waals surface area contributed by atoms with Crippen molar-refractivity contribution in [3.63, 3.8) is 0 Å². The van der Waals surface area contributed by atoms with E-state index in [1.54, 1.807) is 0 Å². The third-order valence-electron chi connectivity index (χ3n) is 3.46. The van der Waals surface area contributed by atoms with E-state index in [4.69, 9.17) is 0 Å². The topological polar surface area (TPSA) is 75.3 Å². The molecule has 1 saturated carbocycles. The molecule has 0 aromatic rings. The Balaban J connectivity index is 2.30. The zero-order valence-corrected chi connectivity index (χ0v) is 13.1. The quantitative estimate of drug-likeness (QED) is 0.693. The molecule has 0 radical (unpaired) electrons. The maximum absolute atomic E-state index is 12.0. The summed E-state index contributed by atoms with van der Waals surface area (Å²) in [5.41, 5.74) is -0.0770. The van der Waals surface area contributed by atoms with Gasteiger partial charge in [-0.1, -0.05) is 27.7 Å². The van der Waals surface area contributed by atoms with Crippen molar-refractivity contribution < 1.29 is 13.2 Å². The normalized spacial score (nSPS) is 18.1. The summed E-state index contributed by atoms with van der Waals surface area (Å²) >= 11 is 0. The molecule has 1 rings (SSSR count). The van der Waals surface area contributed by atoms with Crippen LogP contribution in [0.4, 0.5) is 0 Å². The number of hydrogen-bond acceptors (Lipinski definition) is 3. The molecule has 1 unspecified atom stereocenters. The fraction of sp³-hybridized carbons (Fsp3) is 0.923. The first kappa shape index (κ1) is 16.4. The van der Waals surface area contributed by atoms with Gasteiger partial charge in [0.05, 0.1) is 5.25 Å². The Morgan fingerprint density at radius 3 is 2.26 bits per heavy atom. The lowest BCUT2D eigenvalue weighted by molar-refractivity contribution is -0.128. The molecule has 1 amide bonds. The van der Waals surface area contributed by atoms with Gasteiger partial charge >= 0.3 is 0 Å². The molecule has 0 spiro atoms. The van der Waals surface area contributed by atoms with Gasteiger partial charge in [0.15, 0.2) is 0 Å². The van der Waals surface area contributed by atoms with Gasteiger partial charge in [0, 0.05) is 19.0 Å². The average Bonchev–Trinajstić information content (AvgIpc) is 3.07. The number of sulfonamides is 1. The van der Waals surface area contributed by atoms with Gasteiger partial charge in [0.1, 0.15) is 0 Å². The zero-order valence-electron chi connectivity index (χ0n) is 12.3. The summed E-state index contributed by atoms with van der Waals surface area (Å²) in [6.07, 6.45) is 2.29. The molecule has 112 valence electrons.